The predicted molar refractivity (Wildman–Crippen MR) is 111 cm³/mol. The van der Waals surface area contributed by atoms with E-state index in [0.717, 1.165) is 35.8 Å². The van der Waals surface area contributed by atoms with Crippen molar-refractivity contribution in [3.8, 4) is 11.5 Å². The topological polar surface area (TPSA) is 137 Å². The van der Waals surface area contributed by atoms with Gasteiger partial charge in [-0.05, 0) is 50.8 Å². The summed E-state index contributed by atoms with van der Waals surface area (Å²) in [5.41, 5.74) is 3.81. The predicted octanol–water partition coefficient (Wildman–Crippen LogP) is 2.30. The van der Waals surface area contributed by atoms with Crippen molar-refractivity contribution >= 4 is 39.8 Å². The molecule has 1 heterocycles. The SMILES string of the molecule is CCOC(=O)c1c(NC(=O)C(=O)N/N=C(\C)c2ccc(O)cc2O)sc2c1CCC2. The molecule has 0 radical (unpaired) electrons. The van der Waals surface area contributed by atoms with E-state index in [1.54, 1.807) is 6.92 Å². The second-order valence-electron chi connectivity index (χ2n) is 6.58. The summed E-state index contributed by atoms with van der Waals surface area (Å²) in [5.74, 6) is -2.87. The number of ether oxygens (including phenoxy) is 1. The number of carbonyl (C=O) groups is 3. The number of nitrogens with one attached hydrogen (secondary N) is 2. The van der Waals surface area contributed by atoms with Gasteiger partial charge in [0.2, 0.25) is 0 Å². The Balaban J connectivity index is 1.72. The molecule has 9 nitrogen and oxygen atoms in total. The zero-order valence-electron chi connectivity index (χ0n) is 16.4. The standard InChI is InChI=1S/C20H21N3O6S/c1-3-29-20(28)16-13-5-4-6-15(13)30-19(16)21-17(26)18(27)23-22-10(2)12-8-7-11(24)9-14(12)25/h7-9,24-25H,3-6H2,1-2H3,(H,21,26)(H,23,27)/b22-10+. The average molecular weight is 431 g/mol. The summed E-state index contributed by atoms with van der Waals surface area (Å²) >= 11 is 1.27. The molecule has 0 fully saturated rings. The molecule has 0 saturated carbocycles. The number of anilines is 1. The van der Waals surface area contributed by atoms with E-state index in [0.29, 0.717) is 5.56 Å². The number of nitrogens with zero attached hydrogens (tertiary/aromatic N) is 1. The third-order valence-electron chi connectivity index (χ3n) is 4.53. The lowest BCUT2D eigenvalue weighted by Crippen LogP contribution is -2.33. The van der Waals surface area contributed by atoms with Gasteiger partial charge >= 0.3 is 17.8 Å². The summed E-state index contributed by atoms with van der Waals surface area (Å²) in [6.45, 7) is 3.42. The van der Waals surface area contributed by atoms with Crippen LogP contribution in [0, 0.1) is 0 Å². The largest absolute Gasteiger partial charge is 0.508 e. The zero-order chi connectivity index (χ0) is 21.8. The van der Waals surface area contributed by atoms with Gasteiger partial charge in [-0.2, -0.15) is 5.10 Å². The van der Waals surface area contributed by atoms with Gasteiger partial charge in [0.15, 0.2) is 0 Å². The van der Waals surface area contributed by atoms with Crippen molar-refractivity contribution in [2.45, 2.75) is 33.1 Å². The fourth-order valence-electron chi connectivity index (χ4n) is 3.14. The molecule has 158 valence electrons. The lowest BCUT2D eigenvalue weighted by atomic mass is 10.1. The molecule has 1 aliphatic carbocycles. The van der Waals surface area contributed by atoms with Crippen molar-refractivity contribution in [1.29, 1.82) is 0 Å². The molecule has 0 unspecified atom stereocenters. The van der Waals surface area contributed by atoms with Gasteiger partial charge in [-0.25, -0.2) is 10.2 Å². The first-order chi connectivity index (χ1) is 14.3. The maximum atomic E-state index is 12.3. The number of aryl methyl sites for hydroxylation is 1. The minimum absolute atomic E-state index is 0.118. The van der Waals surface area contributed by atoms with E-state index < -0.39 is 17.8 Å². The molecule has 0 atom stereocenters. The van der Waals surface area contributed by atoms with E-state index >= 15 is 0 Å². The first-order valence-corrected chi connectivity index (χ1v) is 10.1. The highest BCUT2D eigenvalue weighted by molar-refractivity contribution is 7.17. The summed E-state index contributed by atoms with van der Waals surface area (Å²) in [7, 11) is 0. The van der Waals surface area contributed by atoms with Crippen LogP contribution in [0.2, 0.25) is 0 Å². The number of hydrogen-bond acceptors (Lipinski definition) is 8. The minimum Gasteiger partial charge on any atom is -0.508 e. The highest BCUT2D eigenvalue weighted by Crippen LogP contribution is 2.39. The number of phenols is 2. The Hall–Kier alpha value is -3.40. The van der Waals surface area contributed by atoms with Gasteiger partial charge in [0.1, 0.15) is 16.5 Å². The lowest BCUT2D eigenvalue weighted by molar-refractivity contribution is -0.136. The van der Waals surface area contributed by atoms with Crippen molar-refractivity contribution in [3.63, 3.8) is 0 Å². The molecule has 0 saturated heterocycles. The number of rotatable bonds is 5. The molecular weight excluding hydrogens is 410 g/mol. The number of hydrazone groups is 1. The third-order valence-corrected chi connectivity index (χ3v) is 5.74. The Morgan fingerprint density at radius 1 is 1.20 bits per heavy atom. The lowest BCUT2D eigenvalue weighted by Gasteiger charge is -2.08. The Morgan fingerprint density at radius 3 is 2.67 bits per heavy atom. The van der Waals surface area contributed by atoms with E-state index in [1.165, 1.54) is 30.4 Å². The Kier molecular flexibility index (Phi) is 6.36. The molecule has 0 bridgehead atoms. The van der Waals surface area contributed by atoms with E-state index in [4.69, 9.17) is 4.74 Å². The minimum atomic E-state index is -1.03. The fourth-order valence-corrected chi connectivity index (χ4v) is 4.42. The van der Waals surface area contributed by atoms with Crippen LogP contribution < -0.4 is 10.7 Å². The van der Waals surface area contributed by atoms with Crippen molar-refractivity contribution in [2.24, 2.45) is 5.10 Å². The summed E-state index contributed by atoms with van der Waals surface area (Å²) < 4.78 is 5.09. The fraction of sp³-hybridized carbons (Fsp3) is 0.300. The van der Waals surface area contributed by atoms with Crippen molar-refractivity contribution in [1.82, 2.24) is 5.43 Å². The summed E-state index contributed by atoms with van der Waals surface area (Å²) in [4.78, 5) is 37.8. The van der Waals surface area contributed by atoms with Gasteiger partial charge in [0, 0.05) is 16.5 Å². The highest BCUT2D eigenvalue weighted by atomic mass is 32.1. The van der Waals surface area contributed by atoms with Crippen LogP contribution in [0.4, 0.5) is 5.00 Å². The van der Waals surface area contributed by atoms with Crippen LogP contribution in [0.3, 0.4) is 0 Å². The maximum Gasteiger partial charge on any atom is 0.341 e. The monoisotopic (exact) mass is 431 g/mol. The van der Waals surface area contributed by atoms with Crippen molar-refractivity contribution in [3.05, 3.63) is 39.8 Å². The van der Waals surface area contributed by atoms with E-state index in [2.05, 4.69) is 15.8 Å². The van der Waals surface area contributed by atoms with Crippen LogP contribution >= 0.6 is 11.3 Å². The maximum absolute atomic E-state index is 12.3. The van der Waals surface area contributed by atoms with Crippen LogP contribution in [-0.2, 0) is 27.2 Å². The number of fused-ring (bicyclic) bond motifs is 1. The normalized spacial score (nSPS) is 12.9. The molecule has 1 aromatic carbocycles. The van der Waals surface area contributed by atoms with Crippen molar-refractivity contribution in [2.75, 3.05) is 11.9 Å². The number of aromatic hydroxyl groups is 2. The van der Waals surface area contributed by atoms with Crippen LogP contribution in [0.1, 0.15) is 46.6 Å². The zero-order valence-corrected chi connectivity index (χ0v) is 17.3. The summed E-state index contributed by atoms with van der Waals surface area (Å²) in [6.07, 6.45) is 2.47. The van der Waals surface area contributed by atoms with E-state index in [9.17, 15) is 24.6 Å². The van der Waals surface area contributed by atoms with Crippen LogP contribution in [0.25, 0.3) is 0 Å². The van der Waals surface area contributed by atoms with Gasteiger partial charge in [-0.15, -0.1) is 11.3 Å². The van der Waals surface area contributed by atoms with Crippen LogP contribution in [0.5, 0.6) is 11.5 Å². The third kappa shape index (κ3) is 4.43. The van der Waals surface area contributed by atoms with Gasteiger partial charge < -0.3 is 20.3 Å². The number of hydrogen-bond donors (Lipinski definition) is 4. The van der Waals surface area contributed by atoms with Gasteiger partial charge in [-0.1, -0.05) is 0 Å². The first kappa shape index (κ1) is 21.3. The number of benzene rings is 1. The molecule has 0 aliphatic heterocycles. The Labute approximate surface area is 176 Å². The molecule has 4 N–H and O–H groups in total. The number of phenolic OH excluding ortho intramolecular Hbond substituents is 2. The second kappa shape index (κ2) is 8.95. The smallest absolute Gasteiger partial charge is 0.341 e. The summed E-state index contributed by atoms with van der Waals surface area (Å²) in [6, 6.07) is 3.92. The molecule has 30 heavy (non-hydrogen) atoms. The molecular formula is C20H21N3O6S. The highest BCUT2D eigenvalue weighted by Gasteiger charge is 2.29. The van der Waals surface area contributed by atoms with Gasteiger partial charge in [0.05, 0.1) is 17.9 Å². The van der Waals surface area contributed by atoms with Gasteiger partial charge in [-0.3, -0.25) is 9.59 Å². The molecule has 1 aliphatic rings. The quantitative estimate of drug-likeness (QED) is 0.248. The first-order valence-electron chi connectivity index (χ1n) is 9.31. The van der Waals surface area contributed by atoms with E-state index in [1.807, 2.05) is 0 Å². The number of thiophene rings is 1. The summed E-state index contributed by atoms with van der Waals surface area (Å²) in [5, 5.41) is 25.7. The molecule has 10 heteroatoms. The van der Waals surface area contributed by atoms with E-state index in [-0.39, 0.29) is 34.4 Å². The number of carbonyl (C=O) groups excluding carboxylic acids is 3. The molecule has 2 amide bonds. The van der Waals surface area contributed by atoms with Gasteiger partial charge in [0.25, 0.3) is 0 Å². The second-order valence-corrected chi connectivity index (χ2v) is 7.68. The Bertz CT molecular complexity index is 1040. The number of esters is 1. The van der Waals surface area contributed by atoms with Crippen LogP contribution in [0.15, 0.2) is 23.3 Å². The van der Waals surface area contributed by atoms with Crippen molar-refractivity contribution < 1.29 is 29.3 Å². The average Bonchev–Trinajstić information content (AvgIpc) is 3.26. The Morgan fingerprint density at radius 2 is 1.97 bits per heavy atom. The van der Waals surface area contributed by atoms with Crippen LogP contribution in [-0.4, -0.2) is 40.3 Å². The molecule has 1 aromatic heterocycles. The number of amides is 2. The molecule has 0 spiro atoms. The molecule has 2 aromatic rings. The molecule has 3 rings (SSSR count).